The first-order valence-electron chi connectivity index (χ1n) is 20.4. The molecule has 4 heterocycles. The van der Waals surface area contributed by atoms with Crippen molar-refractivity contribution >= 4 is 87.8 Å². The van der Waals surface area contributed by atoms with Crippen molar-refractivity contribution in [3.63, 3.8) is 0 Å². The van der Waals surface area contributed by atoms with Crippen molar-refractivity contribution in [2.24, 2.45) is 0 Å². The van der Waals surface area contributed by atoms with Crippen molar-refractivity contribution in [3.05, 3.63) is 181 Å². The predicted octanol–water partition coefficient (Wildman–Crippen LogP) is 16.6. The standard InChI is InChI=1S/C56H34O4/c1-31-21-53-45(27-39(31)37-15-19-51-43(25-37)41-23-35(13-17-49(41)57-51)33-9-5-3-6-10-33)47-29-56-48(30-55(47)59-53)46-28-40(32(2)22-54(46)60-56)38-16-20-52-44(26-38)42-24-36(14-18-50(42)58-52)34-11-7-4-8-12-34/h3-30H,1-2H3. The van der Waals surface area contributed by atoms with E-state index in [2.05, 4.69) is 172 Å². The maximum absolute atomic E-state index is 6.61. The fourth-order valence-corrected chi connectivity index (χ4v) is 9.47. The molecule has 4 heteroatoms. The number of furan rings is 4. The van der Waals surface area contributed by atoms with Gasteiger partial charge in [-0.3, -0.25) is 0 Å². The van der Waals surface area contributed by atoms with E-state index in [0.717, 1.165) is 121 Å². The van der Waals surface area contributed by atoms with Crippen LogP contribution in [0.15, 0.2) is 188 Å². The second-order valence-electron chi connectivity index (χ2n) is 16.2. The highest BCUT2D eigenvalue weighted by atomic mass is 16.3. The third-order valence-electron chi connectivity index (χ3n) is 12.5. The Morgan fingerprint density at radius 1 is 0.233 bits per heavy atom. The fourth-order valence-electron chi connectivity index (χ4n) is 9.47. The van der Waals surface area contributed by atoms with E-state index >= 15 is 0 Å². The van der Waals surface area contributed by atoms with Crippen LogP contribution in [-0.4, -0.2) is 0 Å². The molecule has 0 atom stereocenters. The van der Waals surface area contributed by atoms with Gasteiger partial charge in [0.2, 0.25) is 0 Å². The molecule has 0 aliphatic carbocycles. The molecule has 0 saturated carbocycles. The molecule has 0 fully saturated rings. The lowest BCUT2D eigenvalue weighted by atomic mass is 9.95. The van der Waals surface area contributed by atoms with Gasteiger partial charge in [0.05, 0.1) is 0 Å². The monoisotopic (exact) mass is 770 g/mol. The second kappa shape index (κ2) is 12.3. The van der Waals surface area contributed by atoms with E-state index in [9.17, 15) is 0 Å². The topological polar surface area (TPSA) is 52.6 Å². The van der Waals surface area contributed by atoms with Crippen molar-refractivity contribution in [3.8, 4) is 44.5 Å². The van der Waals surface area contributed by atoms with Gasteiger partial charge in [-0.2, -0.15) is 0 Å². The molecule has 0 N–H and O–H groups in total. The SMILES string of the molecule is Cc1cc2oc3cc4c(cc3c2cc1-c1ccc2oc3ccc(-c5ccccc5)cc3c2c1)oc1cc(C)c(-c2ccc3oc5ccc(-c6ccccc6)cc5c3c2)cc14. The molecule has 0 amide bonds. The Morgan fingerprint density at radius 3 is 0.933 bits per heavy atom. The summed E-state index contributed by atoms with van der Waals surface area (Å²) in [6.45, 7) is 4.31. The molecule has 0 radical (unpaired) electrons. The molecule has 13 rings (SSSR count). The van der Waals surface area contributed by atoms with Crippen LogP contribution in [0, 0.1) is 13.8 Å². The molecule has 4 nitrogen and oxygen atoms in total. The molecule has 0 aliphatic rings. The Bertz CT molecular complexity index is 3640. The lowest BCUT2D eigenvalue weighted by molar-refractivity contribution is 0.663. The van der Waals surface area contributed by atoms with Gasteiger partial charge >= 0.3 is 0 Å². The number of hydrogen-bond donors (Lipinski definition) is 0. The van der Waals surface area contributed by atoms with Gasteiger partial charge in [0.1, 0.15) is 44.7 Å². The summed E-state index contributed by atoms with van der Waals surface area (Å²) in [5.74, 6) is 0. The van der Waals surface area contributed by atoms with E-state index in [0.29, 0.717) is 0 Å². The molecular weight excluding hydrogens is 737 g/mol. The van der Waals surface area contributed by atoms with Crippen LogP contribution in [-0.2, 0) is 0 Å². The molecule has 0 saturated heterocycles. The number of benzene rings is 9. The zero-order chi connectivity index (χ0) is 39.6. The van der Waals surface area contributed by atoms with Crippen LogP contribution in [0.1, 0.15) is 11.1 Å². The van der Waals surface area contributed by atoms with Crippen LogP contribution >= 0.6 is 0 Å². The van der Waals surface area contributed by atoms with E-state index in [-0.39, 0.29) is 0 Å². The largest absolute Gasteiger partial charge is 0.456 e. The molecule has 0 spiro atoms. The zero-order valence-electron chi connectivity index (χ0n) is 32.8. The fraction of sp³-hybridized carbons (Fsp3) is 0.0357. The summed E-state index contributed by atoms with van der Waals surface area (Å²) >= 11 is 0. The molecule has 0 bridgehead atoms. The number of rotatable bonds is 4. The summed E-state index contributed by atoms with van der Waals surface area (Å²) in [6.07, 6.45) is 0. The van der Waals surface area contributed by atoms with Crippen molar-refractivity contribution in [2.75, 3.05) is 0 Å². The Hall–Kier alpha value is -7.82. The van der Waals surface area contributed by atoms with Crippen LogP contribution < -0.4 is 0 Å². The Morgan fingerprint density at radius 2 is 0.533 bits per heavy atom. The Balaban J connectivity index is 0.915. The average Bonchev–Trinajstić information content (AvgIpc) is 4.04. The first-order chi connectivity index (χ1) is 29.5. The zero-order valence-corrected chi connectivity index (χ0v) is 32.8. The van der Waals surface area contributed by atoms with Crippen LogP contribution in [0.5, 0.6) is 0 Å². The molecule has 9 aromatic carbocycles. The van der Waals surface area contributed by atoms with Gasteiger partial charge in [0.25, 0.3) is 0 Å². The summed E-state index contributed by atoms with van der Waals surface area (Å²) in [7, 11) is 0. The van der Waals surface area contributed by atoms with E-state index in [1.54, 1.807) is 0 Å². The van der Waals surface area contributed by atoms with Gasteiger partial charge in [-0.25, -0.2) is 0 Å². The normalized spacial score (nSPS) is 12.2. The Kier molecular flexibility index (Phi) is 6.83. The highest BCUT2D eigenvalue weighted by Crippen LogP contribution is 2.43. The smallest absolute Gasteiger partial charge is 0.136 e. The third kappa shape index (κ3) is 4.98. The van der Waals surface area contributed by atoms with Gasteiger partial charge in [0, 0.05) is 43.1 Å². The molecule has 0 aliphatic heterocycles. The predicted molar refractivity (Wildman–Crippen MR) is 247 cm³/mol. The summed E-state index contributed by atoms with van der Waals surface area (Å²) in [6, 6.07) is 60.1. The third-order valence-corrected chi connectivity index (χ3v) is 12.5. The van der Waals surface area contributed by atoms with E-state index in [4.69, 9.17) is 17.7 Å². The first kappa shape index (κ1) is 33.2. The van der Waals surface area contributed by atoms with Crippen molar-refractivity contribution in [1.82, 2.24) is 0 Å². The maximum Gasteiger partial charge on any atom is 0.136 e. The van der Waals surface area contributed by atoms with E-state index in [1.807, 2.05) is 12.1 Å². The minimum absolute atomic E-state index is 0.837. The van der Waals surface area contributed by atoms with Crippen LogP contribution in [0.3, 0.4) is 0 Å². The van der Waals surface area contributed by atoms with Crippen LogP contribution in [0.2, 0.25) is 0 Å². The highest BCUT2D eigenvalue weighted by molar-refractivity contribution is 6.17. The summed E-state index contributed by atoms with van der Waals surface area (Å²) < 4.78 is 25.8. The van der Waals surface area contributed by atoms with Crippen molar-refractivity contribution < 1.29 is 17.7 Å². The average molecular weight is 771 g/mol. The van der Waals surface area contributed by atoms with Gasteiger partial charge in [-0.1, -0.05) is 84.9 Å². The summed E-state index contributed by atoms with van der Waals surface area (Å²) in [5, 5.41) is 8.61. The number of aryl methyl sites for hydroxylation is 2. The highest BCUT2D eigenvalue weighted by Gasteiger charge is 2.19. The van der Waals surface area contributed by atoms with Crippen LogP contribution in [0.4, 0.5) is 0 Å². The van der Waals surface area contributed by atoms with Gasteiger partial charge < -0.3 is 17.7 Å². The lowest BCUT2D eigenvalue weighted by Gasteiger charge is -2.07. The molecule has 0 unspecified atom stereocenters. The minimum atomic E-state index is 0.837. The van der Waals surface area contributed by atoms with Gasteiger partial charge in [-0.15, -0.1) is 0 Å². The quantitative estimate of drug-likeness (QED) is 0.179. The molecule has 13 aromatic rings. The minimum Gasteiger partial charge on any atom is -0.456 e. The van der Waals surface area contributed by atoms with E-state index < -0.39 is 0 Å². The number of hydrogen-bond acceptors (Lipinski definition) is 4. The molecular formula is C56H34O4. The first-order valence-corrected chi connectivity index (χ1v) is 20.4. The second-order valence-corrected chi connectivity index (χ2v) is 16.2. The maximum atomic E-state index is 6.61. The molecule has 282 valence electrons. The molecule has 4 aromatic heterocycles. The van der Waals surface area contributed by atoms with Crippen LogP contribution in [0.25, 0.3) is 132 Å². The molecule has 60 heavy (non-hydrogen) atoms. The summed E-state index contributed by atoms with van der Waals surface area (Å²) in [5.41, 5.74) is 18.5. The number of fused-ring (bicyclic) bond motifs is 12. The van der Waals surface area contributed by atoms with E-state index in [1.165, 1.54) is 22.3 Å². The van der Waals surface area contributed by atoms with Gasteiger partial charge in [-0.05, 0) is 154 Å². The summed E-state index contributed by atoms with van der Waals surface area (Å²) in [4.78, 5) is 0. The lowest BCUT2D eigenvalue weighted by Crippen LogP contribution is -1.84. The van der Waals surface area contributed by atoms with Gasteiger partial charge in [0.15, 0.2) is 0 Å². The van der Waals surface area contributed by atoms with Crippen molar-refractivity contribution in [1.29, 1.82) is 0 Å². The Labute approximate surface area is 343 Å². The van der Waals surface area contributed by atoms with Crippen molar-refractivity contribution in [2.45, 2.75) is 13.8 Å².